The predicted octanol–water partition coefficient (Wildman–Crippen LogP) is 3.40. The van der Waals surface area contributed by atoms with Gasteiger partial charge in [0.05, 0.1) is 17.1 Å². The normalized spacial score (nSPS) is 13.8. The number of benzene rings is 2. The first-order valence-corrected chi connectivity index (χ1v) is 7.55. The maximum Gasteiger partial charge on any atom is 0.343 e. The van der Waals surface area contributed by atoms with Gasteiger partial charge in [-0.3, -0.25) is 0 Å². The minimum absolute atomic E-state index is 0.0775. The van der Waals surface area contributed by atoms with Gasteiger partial charge in [-0.25, -0.2) is 4.79 Å². The second-order valence-electron chi connectivity index (χ2n) is 5.70. The quantitative estimate of drug-likeness (QED) is 0.725. The van der Waals surface area contributed by atoms with Crippen molar-refractivity contribution in [3.05, 3.63) is 76.1 Å². The molecule has 0 aliphatic carbocycles. The second kappa shape index (κ2) is 6.26. The second-order valence-corrected chi connectivity index (χ2v) is 5.70. The molecule has 2 N–H and O–H groups in total. The molecule has 4 heteroatoms. The molecule has 0 aliphatic rings. The molecule has 2 atom stereocenters. The van der Waals surface area contributed by atoms with Crippen LogP contribution in [0.4, 0.5) is 0 Å². The molecule has 0 radical (unpaired) electrons. The van der Waals surface area contributed by atoms with Crippen molar-refractivity contribution in [2.24, 2.45) is 0 Å². The highest BCUT2D eigenvalue weighted by atomic mass is 16.4. The Morgan fingerprint density at radius 1 is 1.04 bits per heavy atom. The smallest absolute Gasteiger partial charge is 0.343 e. The average molecular weight is 310 g/mol. The summed E-state index contributed by atoms with van der Waals surface area (Å²) in [4.78, 5) is 12.4. The third-order valence-electron chi connectivity index (χ3n) is 3.95. The molecule has 4 nitrogen and oxygen atoms in total. The summed E-state index contributed by atoms with van der Waals surface area (Å²) in [7, 11) is 0. The van der Waals surface area contributed by atoms with Crippen molar-refractivity contribution in [3.8, 4) is 5.75 Å². The van der Waals surface area contributed by atoms with Crippen LogP contribution in [0.5, 0.6) is 5.75 Å². The lowest BCUT2D eigenvalue weighted by Gasteiger charge is -2.20. The fourth-order valence-corrected chi connectivity index (χ4v) is 2.90. The highest BCUT2D eigenvalue weighted by molar-refractivity contribution is 5.84. The van der Waals surface area contributed by atoms with Gasteiger partial charge in [0.25, 0.3) is 0 Å². The lowest BCUT2D eigenvalue weighted by Crippen LogP contribution is -2.18. The van der Waals surface area contributed by atoms with Gasteiger partial charge in [-0.15, -0.1) is 0 Å². The molecule has 0 saturated carbocycles. The first kappa shape index (κ1) is 15.3. The van der Waals surface area contributed by atoms with Crippen molar-refractivity contribution in [1.82, 2.24) is 0 Å². The molecule has 118 valence electrons. The standard InChI is InChI=1S/C19H18O4/c1-12(20)11-15(13-7-3-2-4-8-13)17-18(21)14-9-5-6-10-16(14)23-19(17)22/h2-10,12,15,20-21H,11H2,1H3/t12?,15-/m1/s1. The van der Waals surface area contributed by atoms with Crippen LogP contribution in [0.1, 0.15) is 30.4 Å². The molecular formula is C19H18O4. The topological polar surface area (TPSA) is 70.7 Å². The van der Waals surface area contributed by atoms with Crippen molar-refractivity contribution in [2.45, 2.75) is 25.4 Å². The molecule has 1 unspecified atom stereocenters. The summed E-state index contributed by atoms with van der Waals surface area (Å²) in [6.45, 7) is 1.66. The molecule has 0 saturated heterocycles. The molecule has 1 aromatic heterocycles. The fourth-order valence-electron chi connectivity index (χ4n) is 2.90. The van der Waals surface area contributed by atoms with E-state index in [2.05, 4.69) is 0 Å². The van der Waals surface area contributed by atoms with E-state index in [1.54, 1.807) is 31.2 Å². The number of aromatic hydroxyl groups is 1. The summed E-state index contributed by atoms with van der Waals surface area (Å²) >= 11 is 0. The van der Waals surface area contributed by atoms with Crippen molar-refractivity contribution in [3.63, 3.8) is 0 Å². The predicted molar refractivity (Wildman–Crippen MR) is 88.7 cm³/mol. The minimum atomic E-state index is -0.620. The Hall–Kier alpha value is -2.59. The zero-order valence-corrected chi connectivity index (χ0v) is 12.8. The van der Waals surface area contributed by atoms with Crippen molar-refractivity contribution < 1.29 is 14.6 Å². The van der Waals surface area contributed by atoms with Gasteiger partial charge in [0.2, 0.25) is 0 Å². The number of aliphatic hydroxyl groups is 1. The maximum absolute atomic E-state index is 12.4. The van der Waals surface area contributed by atoms with Gasteiger partial charge in [0.1, 0.15) is 11.3 Å². The SMILES string of the molecule is CC(O)C[C@H](c1ccccc1)c1c(O)c2ccccc2oc1=O. The van der Waals surface area contributed by atoms with Gasteiger partial charge in [0, 0.05) is 5.92 Å². The Morgan fingerprint density at radius 2 is 1.70 bits per heavy atom. The lowest BCUT2D eigenvalue weighted by molar-refractivity contribution is 0.178. The molecule has 23 heavy (non-hydrogen) atoms. The molecule has 0 bridgehead atoms. The van der Waals surface area contributed by atoms with Gasteiger partial charge < -0.3 is 14.6 Å². The highest BCUT2D eigenvalue weighted by Crippen LogP contribution is 2.36. The third-order valence-corrected chi connectivity index (χ3v) is 3.95. The van der Waals surface area contributed by atoms with Crippen LogP contribution in [-0.4, -0.2) is 16.3 Å². The summed E-state index contributed by atoms with van der Waals surface area (Å²) in [5, 5.41) is 21.0. The minimum Gasteiger partial charge on any atom is -0.507 e. The molecular weight excluding hydrogens is 292 g/mol. The van der Waals surface area contributed by atoms with Crippen molar-refractivity contribution in [2.75, 3.05) is 0 Å². The van der Waals surface area contributed by atoms with E-state index in [4.69, 9.17) is 4.42 Å². The van der Waals surface area contributed by atoms with Crippen LogP contribution in [0.3, 0.4) is 0 Å². The van der Waals surface area contributed by atoms with E-state index in [1.807, 2.05) is 30.3 Å². The van der Waals surface area contributed by atoms with Crippen molar-refractivity contribution >= 4 is 11.0 Å². The van der Waals surface area contributed by atoms with Gasteiger partial charge in [-0.1, -0.05) is 42.5 Å². The van der Waals surface area contributed by atoms with Gasteiger partial charge >= 0.3 is 5.63 Å². The van der Waals surface area contributed by atoms with E-state index < -0.39 is 17.6 Å². The van der Waals surface area contributed by atoms with Crippen LogP contribution in [0.25, 0.3) is 11.0 Å². The molecule has 2 aromatic carbocycles. The summed E-state index contributed by atoms with van der Waals surface area (Å²) in [6, 6.07) is 16.2. The number of aliphatic hydroxyl groups excluding tert-OH is 1. The lowest BCUT2D eigenvalue weighted by atomic mass is 9.86. The van der Waals surface area contributed by atoms with Crippen LogP contribution in [0.15, 0.2) is 63.8 Å². The Morgan fingerprint density at radius 3 is 2.39 bits per heavy atom. The van der Waals surface area contributed by atoms with Crippen LogP contribution in [0.2, 0.25) is 0 Å². The van der Waals surface area contributed by atoms with Crippen LogP contribution >= 0.6 is 0 Å². The maximum atomic E-state index is 12.4. The first-order valence-electron chi connectivity index (χ1n) is 7.55. The third kappa shape index (κ3) is 2.98. The molecule has 0 fully saturated rings. The number of hydrogen-bond donors (Lipinski definition) is 2. The molecule has 1 heterocycles. The number of para-hydroxylation sites is 1. The summed E-state index contributed by atoms with van der Waals surface area (Å²) in [5.74, 6) is -0.511. The highest BCUT2D eigenvalue weighted by Gasteiger charge is 2.25. The Labute approximate surface area is 133 Å². The van der Waals surface area contributed by atoms with E-state index in [1.165, 1.54) is 0 Å². The average Bonchev–Trinajstić information content (AvgIpc) is 2.54. The molecule has 3 rings (SSSR count). The van der Waals surface area contributed by atoms with Crippen LogP contribution < -0.4 is 5.63 Å². The number of rotatable bonds is 4. The number of hydrogen-bond acceptors (Lipinski definition) is 4. The summed E-state index contributed by atoms with van der Waals surface area (Å²) in [5.41, 5.74) is 0.820. The Bertz CT molecular complexity index is 865. The fraction of sp³-hybridized carbons (Fsp3) is 0.211. The van der Waals surface area contributed by atoms with E-state index in [-0.39, 0.29) is 11.3 Å². The summed E-state index contributed by atoms with van der Waals surface area (Å²) in [6.07, 6.45) is -0.300. The van der Waals surface area contributed by atoms with E-state index >= 15 is 0 Å². The molecule has 0 spiro atoms. The zero-order valence-electron chi connectivity index (χ0n) is 12.8. The van der Waals surface area contributed by atoms with Crippen molar-refractivity contribution in [1.29, 1.82) is 0 Å². The Balaban J connectivity index is 2.24. The van der Waals surface area contributed by atoms with Gasteiger partial charge in [0.15, 0.2) is 0 Å². The molecule has 0 amide bonds. The van der Waals surface area contributed by atoms with E-state index in [9.17, 15) is 15.0 Å². The van der Waals surface area contributed by atoms with E-state index in [0.717, 1.165) is 5.56 Å². The zero-order chi connectivity index (χ0) is 16.4. The van der Waals surface area contributed by atoms with Crippen LogP contribution in [-0.2, 0) is 0 Å². The van der Waals surface area contributed by atoms with Gasteiger partial charge in [-0.05, 0) is 31.0 Å². The monoisotopic (exact) mass is 310 g/mol. The molecule has 0 aliphatic heterocycles. The van der Waals surface area contributed by atoms with Crippen LogP contribution in [0, 0.1) is 0 Å². The largest absolute Gasteiger partial charge is 0.507 e. The van der Waals surface area contributed by atoms with E-state index in [0.29, 0.717) is 17.4 Å². The number of fused-ring (bicyclic) bond motifs is 1. The summed E-state index contributed by atoms with van der Waals surface area (Å²) < 4.78 is 5.36. The molecule has 3 aromatic rings. The first-order chi connectivity index (χ1) is 11.1. The van der Waals surface area contributed by atoms with Gasteiger partial charge in [-0.2, -0.15) is 0 Å². The Kier molecular flexibility index (Phi) is 4.17.